The van der Waals surface area contributed by atoms with Crippen LogP contribution in [0.15, 0.2) is 0 Å². The fourth-order valence-electron chi connectivity index (χ4n) is 0.464. The number of nitrogens with one attached hydrogen (secondary N) is 1. The van der Waals surface area contributed by atoms with Crippen molar-refractivity contribution in [1.29, 1.82) is 0 Å². The molecule has 0 heterocycles. The zero-order valence-electron chi connectivity index (χ0n) is 5.70. The van der Waals surface area contributed by atoms with Crippen molar-refractivity contribution in [2.75, 3.05) is 14.1 Å². The van der Waals surface area contributed by atoms with E-state index in [0.717, 1.165) is 0 Å². The van der Waals surface area contributed by atoms with Gasteiger partial charge in [-0.05, 0) is 0 Å². The highest BCUT2D eigenvalue weighted by atomic mass is 16.1. The Morgan fingerprint density at radius 1 is 0.889 bits per heavy atom. The molecule has 0 saturated heterocycles. The summed E-state index contributed by atoms with van der Waals surface area (Å²) in [5.74, 6) is 21.0. The molecule has 0 aromatic carbocycles. The molecule has 0 aliphatic carbocycles. The standard InChI is InChI=1S/C2H15N7/c1-8(3,4)7-9(2,5)6/h7H,3-6H2,1-2H3/q+2. The molecule has 9 N–H and O–H groups in total. The van der Waals surface area contributed by atoms with Crippen molar-refractivity contribution in [2.45, 2.75) is 0 Å². The first-order valence-electron chi connectivity index (χ1n) is 2.37. The van der Waals surface area contributed by atoms with Gasteiger partial charge in [-0.3, -0.25) is 0 Å². The molecule has 0 amide bonds. The second kappa shape index (κ2) is 2.15. The summed E-state index contributed by atoms with van der Waals surface area (Å²) in [6.07, 6.45) is 0. The maximum absolute atomic E-state index is 5.25. The van der Waals surface area contributed by atoms with E-state index in [2.05, 4.69) is 5.53 Å². The largest absolute Gasteiger partial charge is 0.137 e. The van der Waals surface area contributed by atoms with E-state index in [0.29, 0.717) is 0 Å². The summed E-state index contributed by atoms with van der Waals surface area (Å²) in [4.78, 5) is -0.938. The minimum atomic E-state index is -0.469. The van der Waals surface area contributed by atoms with Gasteiger partial charge in [-0.25, -0.2) is 0 Å². The normalized spacial score (nSPS) is 14.0. The molecule has 7 heteroatoms. The molecule has 7 nitrogen and oxygen atoms in total. The summed E-state index contributed by atoms with van der Waals surface area (Å²) in [6, 6.07) is 0. The van der Waals surface area contributed by atoms with Gasteiger partial charge in [0.15, 0.2) is 0 Å². The molecular formula is C2H15N7+2. The predicted molar refractivity (Wildman–Crippen MR) is 32.3 cm³/mol. The summed E-state index contributed by atoms with van der Waals surface area (Å²) in [7, 11) is 2.99. The molecule has 0 unspecified atom stereocenters. The van der Waals surface area contributed by atoms with Crippen LogP contribution in [0.1, 0.15) is 0 Å². The first-order valence-corrected chi connectivity index (χ1v) is 2.37. The average Bonchev–Trinajstić information content (AvgIpc) is 1.14. The number of quaternary nitrogens is 2. The fraction of sp³-hybridized carbons (Fsp3) is 1.00. The van der Waals surface area contributed by atoms with Crippen molar-refractivity contribution >= 4 is 0 Å². The Kier molecular flexibility index (Phi) is 2.09. The summed E-state index contributed by atoms with van der Waals surface area (Å²) in [5, 5.41) is 0. The number of hydrogen-bond donors (Lipinski definition) is 5. The number of nitrogens with two attached hydrogens (primary N) is 4. The maximum atomic E-state index is 5.25. The first kappa shape index (κ1) is 8.72. The van der Waals surface area contributed by atoms with Gasteiger partial charge in [-0.2, -0.15) is 0 Å². The van der Waals surface area contributed by atoms with Gasteiger partial charge in [-0.15, -0.1) is 23.4 Å². The minimum absolute atomic E-state index is 0.469. The Labute approximate surface area is 53.8 Å². The lowest BCUT2D eigenvalue weighted by Gasteiger charge is -2.27. The first-order chi connectivity index (χ1) is 3.71. The number of rotatable bonds is 2. The Morgan fingerprint density at radius 3 is 1.11 bits per heavy atom. The summed E-state index contributed by atoms with van der Waals surface area (Å²) in [6.45, 7) is 0. The molecule has 0 bridgehead atoms. The molecule has 9 heavy (non-hydrogen) atoms. The molecule has 0 aromatic rings. The zero-order valence-corrected chi connectivity index (χ0v) is 5.70. The van der Waals surface area contributed by atoms with Gasteiger partial charge in [0.2, 0.25) is 0 Å². The third kappa shape index (κ3) is 7.72. The smallest absolute Gasteiger partial charge is 0.129 e. The van der Waals surface area contributed by atoms with Crippen LogP contribution in [0.3, 0.4) is 0 Å². The van der Waals surface area contributed by atoms with Crippen molar-refractivity contribution < 1.29 is 9.62 Å². The SMILES string of the molecule is C[N+](N)(N)N[N+](C)(N)N. The van der Waals surface area contributed by atoms with Gasteiger partial charge in [0.05, 0.1) is 5.53 Å². The van der Waals surface area contributed by atoms with Crippen molar-refractivity contribution in [1.82, 2.24) is 5.53 Å². The van der Waals surface area contributed by atoms with E-state index in [-0.39, 0.29) is 0 Å². The van der Waals surface area contributed by atoms with Crippen molar-refractivity contribution in [3.63, 3.8) is 0 Å². The van der Waals surface area contributed by atoms with Crippen LogP contribution < -0.4 is 28.9 Å². The highest BCUT2D eigenvalue weighted by Crippen LogP contribution is 1.73. The van der Waals surface area contributed by atoms with Crippen molar-refractivity contribution in [3.8, 4) is 0 Å². The van der Waals surface area contributed by atoms with Gasteiger partial charge >= 0.3 is 0 Å². The van der Waals surface area contributed by atoms with Crippen molar-refractivity contribution in [2.24, 2.45) is 23.4 Å². The third-order valence-electron chi connectivity index (χ3n) is 0.431. The lowest BCUT2D eigenvalue weighted by atomic mass is 11.2. The Bertz CT molecular complexity index is 72.1. The van der Waals surface area contributed by atoms with E-state index < -0.39 is 9.62 Å². The maximum Gasteiger partial charge on any atom is 0.129 e. The fourth-order valence-corrected chi connectivity index (χ4v) is 0.464. The topological polar surface area (TPSA) is 116 Å². The highest BCUT2D eigenvalue weighted by Gasteiger charge is 2.21. The zero-order chi connectivity index (χ0) is 7.71. The van der Waals surface area contributed by atoms with E-state index >= 15 is 0 Å². The lowest BCUT2D eigenvalue weighted by Crippen LogP contribution is -2.80. The molecule has 0 aromatic heterocycles. The summed E-state index contributed by atoms with van der Waals surface area (Å²) < 4.78 is 0. The molecule has 0 radical (unpaired) electrons. The number of hydrogen-bond acceptors (Lipinski definition) is 5. The molecule has 56 valence electrons. The Balaban J connectivity index is 3.75. The predicted octanol–water partition coefficient (Wildman–Crippen LogP) is -3.21. The van der Waals surface area contributed by atoms with E-state index in [1.165, 1.54) is 14.1 Å². The monoisotopic (exact) mass is 137 g/mol. The lowest BCUT2D eigenvalue weighted by molar-refractivity contribution is -1.17. The molecular weight excluding hydrogens is 122 g/mol. The molecule has 0 spiro atoms. The Hall–Kier alpha value is -0.280. The number of nitrogens with zero attached hydrogens (tertiary/aromatic N) is 2. The summed E-state index contributed by atoms with van der Waals surface area (Å²) in [5.41, 5.74) is 2.44. The molecule has 0 aliphatic rings. The second-order valence-corrected chi connectivity index (χ2v) is 2.39. The van der Waals surface area contributed by atoms with Gasteiger partial charge in [0.1, 0.15) is 14.1 Å². The van der Waals surface area contributed by atoms with E-state index in [1.54, 1.807) is 0 Å². The van der Waals surface area contributed by atoms with Crippen LogP contribution >= 0.6 is 0 Å². The molecule has 0 saturated carbocycles. The van der Waals surface area contributed by atoms with E-state index in [1.807, 2.05) is 0 Å². The molecule has 0 aliphatic heterocycles. The third-order valence-corrected chi connectivity index (χ3v) is 0.431. The van der Waals surface area contributed by atoms with Gasteiger partial charge < -0.3 is 0 Å². The second-order valence-electron chi connectivity index (χ2n) is 2.39. The minimum Gasteiger partial charge on any atom is -0.137 e. The van der Waals surface area contributed by atoms with Crippen LogP contribution in [0.2, 0.25) is 0 Å². The van der Waals surface area contributed by atoms with Crippen LogP contribution in [0, 0.1) is 0 Å². The molecule has 0 atom stereocenters. The van der Waals surface area contributed by atoms with Crippen LogP contribution in [-0.2, 0) is 0 Å². The van der Waals surface area contributed by atoms with Gasteiger partial charge in [-0.1, -0.05) is 9.62 Å². The molecule has 0 fully saturated rings. The average molecular weight is 137 g/mol. The van der Waals surface area contributed by atoms with E-state index in [9.17, 15) is 0 Å². The van der Waals surface area contributed by atoms with E-state index in [4.69, 9.17) is 23.4 Å². The molecule has 0 rings (SSSR count). The van der Waals surface area contributed by atoms with Crippen molar-refractivity contribution in [3.05, 3.63) is 0 Å². The van der Waals surface area contributed by atoms with Crippen LogP contribution in [0.4, 0.5) is 0 Å². The quantitative estimate of drug-likeness (QED) is 0.156. The summed E-state index contributed by atoms with van der Waals surface area (Å²) >= 11 is 0. The highest BCUT2D eigenvalue weighted by molar-refractivity contribution is 3.79. The van der Waals surface area contributed by atoms with Gasteiger partial charge in [0, 0.05) is 0 Å². The van der Waals surface area contributed by atoms with Crippen LogP contribution in [0.5, 0.6) is 0 Å². The Morgan fingerprint density at radius 2 is 1.11 bits per heavy atom. The van der Waals surface area contributed by atoms with Crippen LogP contribution in [0.25, 0.3) is 0 Å². The van der Waals surface area contributed by atoms with Gasteiger partial charge in [0.25, 0.3) is 0 Å². The van der Waals surface area contributed by atoms with Crippen LogP contribution in [-0.4, -0.2) is 23.7 Å².